The van der Waals surface area contributed by atoms with Crippen molar-refractivity contribution in [3.63, 3.8) is 0 Å². The summed E-state index contributed by atoms with van der Waals surface area (Å²) in [6.07, 6.45) is 16.1. The van der Waals surface area contributed by atoms with Crippen molar-refractivity contribution >= 4 is 193 Å². The van der Waals surface area contributed by atoms with Gasteiger partial charge < -0.3 is 97.4 Å². The Kier molecular flexibility index (Phi) is 24.6. The molecule has 0 saturated carbocycles. The third-order valence-electron chi connectivity index (χ3n) is 30.4. The quantitative estimate of drug-likeness (QED) is 0.0400. The number of nitrogens with one attached hydrogen (secondary N) is 4. The molecule has 12 N–H and O–H groups in total. The number of fused-ring (bicyclic) bond motifs is 16. The van der Waals surface area contributed by atoms with E-state index in [4.69, 9.17) is 57.2 Å². The minimum Gasteiger partial charge on any atom is -0.423 e. The van der Waals surface area contributed by atoms with Crippen molar-refractivity contribution in [3.8, 4) is 89.0 Å². The summed E-state index contributed by atoms with van der Waals surface area (Å²) >= 11 is 0. The van der Waals surface area contributed by atoms with Crippen molar-refractivity contribution in [3.05, 3.63) is 288 Å². The fraction of sp³-hybridized carbons (Fsp3) is 0.214. The van der Waals surface area contributed by atoms with Crippen LogP contribution < -0.4 is 43.7 Å². The average molecular weight is 1910 g/mol. The molecule has 0 spiro atoms. The maximum absolute atomic E-state index is 9.88. The predicted molar refractivity (Wildman–Crippen MR) is 583 cm³/mol. The molecule has 6 aromatic heterocycles. The van der Waals surface area contributed by atoms with Crippen LogP contribution in [0.2, 0.25) is 0 Å². The first-order chi connectivity index (χ1) is 68.5. The molecule has 8 aromatic carbocycles. The van der Waals surface area contributed by atoms with Crippen molar-refractivity contribution in [2.24, 2.45) is 0 Å². The van der Waals surface area contributed by atoms with E-state index in [0.717, 1.165) is 156 Å². The smallest absolute Gasteiger partial charge is 0.423 e. The van der Waals surface area contributed by atoms with E-state index in [2.05, 4.69) is 276 Å². The molecule has 0 aliphatic carbocycles. The molecule has 14 heterocycles. The highest BCUT2D eigenvalue weighted by Gasteiger charge is 2.55. The van der Waals surface area contributed by atoms with E-state index >= 15 is 0 Å². The molecular weight excluding hydrogens is 1800 g/mol. The maximum atomic E-state index is 9.88. The Morgan fingerprint density at radius 1 is 0.181 bits per heavy atom. The zero-order valence-electron chi connectivity index (χ0n) is 83.0. The highest BCUT2D eigenvalue weighted by molar-refractivity contribution is 6.64. The third kappa shape index (κ3) is 17.9. The van der Waals surface area contributed by atoms with Crippen molar-refractivity contribution in [2.45, 2.75) is 156 Å². The summed E-state index contributed by atoms with van der Waals surface area (Å²) in [7, 11) is -8.65. The van der Waals surface area contributed by atoms with E-state index in [0.29, 0.717) is 66.7 Å². The van der Waals surface area contributed by atoms with E-state index < -0.39 is 102 Å². The molecule has 0 radical (unpaired) electrons. The van der Waals surface area contributed by atoms with Crippen molar-refractivity contribution in [2.75, 3.05) is 0 Å². The van der Waals surface area contributed by atoms with Crippen LogP contribution in [0.1, 0.15) is 156 Å². The Morgan fingerprint density at radius 3 is 0.417 bits per heavy atom. The van der Waals surface area contributed by atoms with Gasteiger partial charge in [0.2, 0.25) is 0 Å². The van der Waals surface area contributed by atoms with Crippen molar-refractivity contribution in [1.82, 2.24) is 39.9 Å². The van der Waals surface area contributed by atoms with Gasteiger partial charge in [0, 0.05) is 88.6 Å². The fourth-order valence-electron chi connectivity index (χ4n) is 19.3. The molecule has 0 atom stereocenters. The average Bonchev–Trinajstić information content (AvgIpc) is 1.63. The third-order valence-corrected chi connectivity index (χ3v) is 30.4. The Balaban J connectivity index is 0.000000180. The number of nitrogens with zero attached hydrogens (tertiary/aromatic N) is 4. The molecule has 24 nitrogen and oxygen atoms in total. The van der Waals surface area contributed by atoms with E-state index in [9.17, 15) is 40.2 Å². The van der Waals surface area contributed by atoms with Gasteiger partial charge in [-0.2, -0.15) is 0 Å². The van der Waals surface area contributed by atoms with Crippen LogP contribution in [-0.4, -0.2) is 182 Å². The molecule has 144 heavy (non-hydrogen) atoms. The second-order valence-corrected chi connectivity index (χ2v) is 41.8. The van der Waals surface area contributed by atoms with Gasteiger partial charge in [0.05, 0.1) is 90.4 Å². The molecule has 4 saturated heterocycles. The van der Waals surface area contributed by atoms with Gasteiger partial charge in [-0.05, 0) is 296 Å². The molecule has 0 amide bonds. The highest BCUT2D eigenvalue weighted by Crippen LogP contribution is 2.47. The lowest BCUT2D eigenvalue weighted by Gasteiger charge is -2.32. The van der Waals surface area contributed by atoms with Gasteiger partial charge in [0.15, 0.2) is 0 Å². The summed E-state index contributed by atoms with van der Waals surface area (Å²) in [6.45, 7) is 33.3. The Bertz CT molecular complexity index is 6940. The highest BCUT2D eigenvalue weighted by atomic mass is 16.7. The summed E-state index contributed by atoms with van der Waals surface area (Å²) in [6, 6.07) is 77.9. The van der Waals surface area contributed by atoms with Crippen LogP contribution in [0.3, 0.4) is 0 Å². The SMILES string of the molecule is CC1(C)OB(c2ccc(-c3c4nc(c(-c5ccc(B6OC(C)(C)C(C)(C)O6)cc5)c5ccc([nH]5)c(-c5ccc(B6OC(C)(C)C(C)(C)O6)cc5)c5nc(c(-c6ccc(B7OC(C)(C)C(C)(C)O7)cc6)c6ccc3[nH]6)C=C5)C=C4)cc2)OC1(C)C.OB(O)c1ccc(-c2c3nc(c(-c4ccc(B(O)O)cc4)c4ccc([nH]4)c(-c4ccc(B(O)O)cc4)c4nc(c(-c5ccc(B(O)O)cc5)c5ccc2[nH]5)C=C4)C=C3)cc1. The summed E-state index contributed by atoms with van der Waals surface area (Å²) < 4.78 is 52.2. The van der Waals surface area contributed by atoms with Crippen LogP contribution in [0.25, 0.3) is 182 Å². The van der Waals surface area contributed by atoms with Crippen LogP contribution in [0.5, 0.6) is 0 Å². The number of aromatic amines is 4. The minimum atomic E-state index is -1.65. The molecule has 8 aliphatic rings. The largest absolute Gasteiger partial charge is 0.494 e. The van der Waals surface area contributed by atoms with Crippen LogP contribution in [0, 0.1) is 0 Å². The van der Waals surface area contributed by atoms with Crippen LogP contribution in [0.15, 0.2) is 243 Å². The molecule has 716 valence electrons. The zero-order valence-corrected chi connectivity index (χ0v) is 83.0. The van der Waals surface area contributed by atoms with Crippen molar-refractivity contribution < 1.29 is 77.4 Å². The number of H-pyrrole nitrogens is 4. The fourth-order valence-corrected chi connectivity index (χ4v) is 19.3. The first-order valence-corrected chi connectivity index (χ1v) is 48.5. The van der Waals surface area contributed by atoms with Gasteiger partial charge in [-0.15, -0.1) is 0 Å². The lowest BCUT2D eigenvalue weighted by atomic mass is 9.78. The maximum Gasteiger partial charge on any atom is 0.494 e. The molecule has 4 fully saturated rings. The van der Waals surface area contributed by atoms with Crippen LogP contribution in [0.4, 0.5) is 0 Å². The Morgan fingerprint density at radius 2 is 0.299 bits per heavy atom. The van der Waals surface area contributed by atoms with Gasteiger partial charge in [0.25, 0.3) is 0 Å². The van der Waals surface area contributed by atoms with E-state index in [1.54, 1.807) is 97.1 Å². The molecule has 8 aliphatic heterocycles. The normalized spacial score (nSPS) is 17.2. The second kappa shape index (κ2) is 36.5. The summed E-state index contributed by atoms with van der Waals surface area (Å²) in [5.74, 6) is 0. The number of benzene rings is 8. The molecule has 22 rings (SSSR count). The molecule has 14 aromatic rings. The van der Waals surface area contributed by atoms with Gasteiger partial charge in [0.1, 0.15) is 0 Å². The zero-order chi connectivity index (χ0) is 101. The molecular formula is C112H108B8N8O16. The van der Waals surface area contributed by atoms with E-state index in [1.165, 1.54) is 0 Å². The number of aromatic nitrogens is 8. The topological polar surface area (TPSA) is 350 Å². The molecule has 16 bridgehead atoms. The number of hydrogen-bond acceptors (Lipinski definition) is 20. The minimum absolute atomic E-state index is 0.328. The first-order valence-electron chi connectivity index (χ1n) is 48.5. The van der Waals surface area contributed by atoms with Gasteiger partial charge in [-0.3, -0.25) is 0 Å². The first kappa shape index (κ1) is 96.9. The second-order valence-electron chi connectivity index (χ2n) is 41.8. The lowest BCUT2D eigenvalue weighted by molar-refractivity contribution is 0.00578. The Hall–Kier alpha value is -13.2. The number of hydrogen-bond donors (Lipinski definition) is 12. The summed E-state index contributed by atoms with van der Waals surface area (Å²) in [4.78, 5) is 36.8. The lowest BCUT2D eigenvalue weighted by Crippen LogP contribution is -2.41. The van der Waals surface area contributed by atoms with Crippen molar-refractivity contribution in [1.29, 1.82) is 0 Å². The van der Waals surface area contributed by atoms with E-state index in [1.807, 2.05) is 48.6 Å². The Labute approximate surface area is 838 Å². The van der Waals surface area contributed by atoms with Gasteiger partial charge in [-0.25, -0.2) is 19.9 Å². The van der Waals surface area contributed by atoms with E-state index in [-0.39, 0.29) is 0 Å². The predicted octanol–water partition coefficient (Wildman–Crippen LogP) is 14.6. The molecule has 32 heteroatoms. The number of rotatable bonds is 16. The standard InChI is InChI=1S/C68H74B4N4O8.C44H34B4N4O8/c1-61(2)62(3,4)78-69(77-61)45-25-17-41(18-26-45)57-49-33-35-51(73-49)58(42-19-27-46(28-20-42)70-79-63(5,6)64(7,8)80-70)53-37-39-55(75-53)60(44-23-31-48(32-24-44)72-83-67(13,14)68(15,16)84-72)56-40-38-54(76-56)59(52-36-34-50(57)74-52)43-21-29-47(30-22-43)71-81-65(9,10)66(11,12)82-71;53-45(54)29-9-1-25(2-10-29)41-33-17-19-35(49-33)42(26-3-11-30(12-4-26)46(55)56)37-21-23-39(51-37)44(28-7-15-32(16-8-28)48(59)60)40-24-22-38(52-40)43(36-20-18-34(41)50-36)27-5-13-31(14-6-27)47(57)58/h17-40,73,76H,1-16H3;1-24,49,52-60H. The summed E-state index contributed by atoms with van der Waals surface area (Å²) in [5, 5.41) is 79.1. The van der Waals surface area contributed by atoms with Crippen LogP contribution >= 0.6 is 0 Å². The van der Waals surface area contributed by atoms with Gasteiger partial charge in [-0.1, -0.05) is 194 Å². The monoisotopic (exact) mass is 1910 g/mol. The van der Waals surface area contributed by atoms with Gasteiger partial charge >= 0.3 is 56.9 Å². The molecule has 0 unspecified atom stereocenters. The van der Waals surface area contributed by atoms with Crippen LogP contribution in [-0.2, 0) is 37.2 Å². The summed E-state index contributed by atoms with van der Waals surface area (Å²) in [5.41, 5.74) is 26.7.